The van der Waals surface area contributed by atoms with Gasteiger partial charge in [-0.1, -0.05) is 34.4 Å². The van der Waals surface area contributed by atoms with Crippen LogP contribution < -0.4 is 10.6 Å². The van der Waals surface area contributed by atoms with Crippen molar-refractivity contribution in [2.75, 3.05) is 7.05 Å². The summed E-state index contributed by atoms with van der Waals surface area (Å²) in [5.74, 6) is 0.650. The Hall–Kier alpha value is -0.990. The molecule has 0 radical (unpaired) electrons. The van der Waals surface area contributed by atoms with Crippen molar-refractivity contribution in [1.82, 2.24) is 15.8 Å². The maximum Gasteiger partial charge on any atom is 0.191 e. The molecule has 1 heterocycles. The second-order valence-electron chi connectivity index (χ2n) is 4.45. The fourth-order valence-electron chi connectivity index (χ4n) is 1.83. The van der Waals surface area contributed by atoms with E-state index < -0.39 is 0 Å². The van der Waals surface area contributed by atoms with Gasteiger partial charge in [0.05, 0.1) is 12.6 Å². The van der Waals surface area contributed by atoms with Crippen molar-refractivity contribution >= 4 is 53.1 Å². The van der Waals surface area contributed by atoms with Crippen LogP contribution in [0, 0.1) is 0 Å². The number of aromatic nitrogens is 1. The quantitative estimate of drug-likeness (QED) is 0.416. The van der Waals surface area contributed by atoms with Gasteiger partial charge in [0.25, 0.3) is 0 Å². The third kappa shape index (κ3) is 5.33. The molecule has 2 aromatic rings. The summed E-state index contributed by atoms with van der Waals surface area (Å²) >= 11 is 12.1. The Morgan fingerprint density at radius 2 is 2.14 bits per heavy atom. The molecular weight excluding hydrogens is 438 g/mol. The minimum Gasteiger partial charge on any atom is -0.364 e. The molecule has 22 heavy (non-hydrogen) atoms. The molecule has 120 valence electrons. The number of hydrogen-bond donors (Lipinski definition) is 2. The van der Waals surface area contributed by atoms with Crippen LogP contribution in [0.25, 0.3) is 0 Å². The molecule has 0 bridgehead atoms. The molecule has 2 N–H and O–H groups in total. The molecule has 2 rings (SSSR count). The summed E-state index contributed by atoms with van der Waals surface area (Å²) < 4.78 is 4.78. The van der Waals surface area contributed by atoms with Crippen LogP contribution in [0.1, 0.15) is 24.2 Å². The van der Waals surface area contributed by atoms with E-state index in [1.54, 1.807) is 19.2 Å². The minimum absolute atomic E-state index is 0. The highest BCUT2D eigenvalue weighted by Crippen LogP contribution is 2.25. The molecule has 1 aromatic heterocycles. The number of benzene rings is 1. The monoisotopic (exact) mass is 454 g/mol. The number of halogens is 3. The molecule has 0 aliphatic carbocycles. The van der Waals surface area contributed by atoms with E-state index in [4.69, 9.17) is 27.7 Å². The summed E-state index contributed by atoms with van der Waals surface area (Å²) in [5, 5.41) is 11.5. The van der Waals surface area contributed by atoms with E-state index in [1.807, 2.05) is 19.1 Å². The summed E-state index contributed by atoms with van der Waals surface area (Å²) in [6, 6.07) is 7.21. The van der Waals surface area contributed by atoms with Gasteiger partial charge in [-0.15, -0.1) is 24.0 Å². The van der Waals surface area contributed by atoms with Gasteiger partial charge in [0.1, 0.15) is 12.0 Å². The number of nitrogens with one attached hydrogen (secondary N) is 2. The number of rotatable bonds is 4. The highest BCUT2D eigenvalue weighted by atomic mass is 127. The molecule has 0 aliphatic heterocycles. The molecule has 0 amide bonds. The summed E-state index contributed by atoms with van der Waals surface area (Å²) in [7, 11) is 1.70. The summed E-state index contributed by atoms with van der Waals surface area (Å²) in [6.07, 6.45) is 1.53. The van der Waals surface area contributed by atoms with Gasteiger partial charge in [-0.25, -0.2) is 0 Å². The average Bonchev–Trinajstić information content (AvgIpc) is 2.96. The van der Waals surface area contributed by atoms with Crippen LogP contribution in [0.2, 0.25) is 10.0 Å². The van der Waals surface area contributed by atoms with E-state index in [0.717, 1.165) is 11.3 Å². The predicted molar refractivity (Wildman–Crippen MR) is 100 cm³/mol. The third-order valence-corrected chi connectivity index (χ3v) is 3.50. The Balaban J connectivity index is 0.00000242. The lowest BCUT2D eigenvalue weighted by atomic mass is 10.1. The number of hydrogen-bond acceptors (Lipinski definition) is 3. The van der Waals surface area contributed by atoms with Crippen LogP contribution in [-0.2, 0) is 6.54 Å². The second-order valence-corrected chi connectivity index (χ2v) is 5.29. The van der Waals surface area contributed by atoms with E-state index >= 15 is 0 Å². The molecule has 0 saturated carbocycles. The van der Waals surface area contributed by atoms with Gasteiger partial charge in [-0.05, 0) is 24.6 Å². The Bertz CT molecular complexity index is 619. The molecule has 0 spiro atoms. The molecule has 0 saturated heterocycles. The van der Waals surface area contributed by atoms with Gasteiger partial charge >= 0.3 is 0 Å². The number of aliphatic imine (C=N–C) groups is 1. The van der Waals surface area contributed by atoms with E-state index in [2.05, 4.69) is 20.8 Å². The average molecular weight is 455 g/mol. The lowest BCUT2D eigenvalue weighted by Crippen LogP contribution is -2.38. The highest BCUT2D eigenvalue weighted by molar-refractivity contribution is 14.0. The van der Waals surface area contributed by atoms with Gasteiger partial charge in [0.2, 0.25) is 0 Å². The maximum absolute atomic E-state index is 6.20. The van der Waals surface area contributed by atoms with Gasteiger partial charge in [-0.2, -0.15) is 0 Å². The van der Waals surface area contributed by atoms with Gasteiger partial charge in [0.15, 0.2) is 5.96 Å². The molecule has 0 aliphatic rings. The molecule has 5 nitrogen and oxygen atoms in total. The van der Waals surface area contributed by atoms with Crippen molar-refractivity contribution in [3.05, 3.63) is 51.8 Å². The van der Waals surface area contributed by atoms with Gasteiger partial charge in [-0.3, -0.25) is 4.99 Å². The molecule has 0 fully saturated rings. The van der Waals surface area contributed by atoms with Crippen LogP contribution >= 0.6 is 47.2 Å². The number of guanidine groups is 1. The van der Waals surface area contributed by atoms with E-state index in [1.165, 1.54) is 6.26 Å². The Morgan fingerprint density at radius 3 is 2.73 bits per heavy atom. The molecule has 1 unspecified atom stereocenters. The SMILES string of the molecule is CN=C(NCc1ccon1)NC(C)c1ccc(Cl)cc1Cl.I. The zero-order valence-corrected chi connectivity index (χ0v) is 16.0. The summed E-state index contributed by atoms with van der Waals surface area (Å²) in [5.41, 5.74) is 1.75. The van der Waals surface area contributed by atoms with E-state index in [9.17, 15) is 0 Å². The van der Waals surface area contributed by atoms with Crippen molar-refractivity contribution in [2.45, 2.75) is 19.5 Å². The first-order chi connectivity index (χ1) is 10.1. The number of nitrogens with zero attached hydrogens (tertiary/aromatic N) is 2. The Labute approximate surface area is 156 Å². The molecule has 1 aromatic carbocycles. The van der Waals surface area contributed by atoms with Gasteiger partial charge in [0, 0.05) is 23.2 Å². The molecular formula is C14H17Cl2IN4O. The topological polar surface area (TPSA) is 62.5 Å². The van der Waals surface area contributed by atoms with Gasteiger partial charge < -0.3 is 15.2 Å². The van der Waals surface area contributed by atoms with Crippen molar-refractivity contribution in [2.24, 2.45) is 4.99 Å². The zero-order valence-electron chi connectivity index (χ0n) is 12.1. The predicted octanol–water partition coefficient (Wildman–Crippen LogP) is 4.03. The van der Waals surface area contributed by atoms with E-state index in [-0.39, 0.29) is 30.0 Å². The maximum atomic E-state index is 6.20. The first-order valence-electron chi connectivity index (χ1n) is 6.41. The standard InChI is InChI=1S/C14H16Cl2N4O.HI/c1-9(12-4-3-10(15)7-13(12)16)19-14(17-2)18-8-11-5-6-21-20-11;/h3-7,9H,8H2,1-2H3,(H2,17,18,19);1H. The van der Waals surface area contributed by atoms with E-state index in [0.29, 0.717) is 22.5 Å². The van der Waals surface area contributed by atoms with Crippen molar-refractivity contribution in [3.63, 3.8) is 0 Å². The van der Waals surface area contributed by atoms with Crippen LogP contribution in [0.15, 0.2) is 40.0 Å². The fraction of sp³-hybridized carbons (Fsp3) is 0.286. The first-order valence-corrected chi connectivity index (χ1v) is 7.17. The highest BCUT2D eigenvalue weighted by Gasteiger charge is 2.12. The van der Waals surface area contributed by atoms with Crippen molar-refractivity contribution in [1.29, 1.82) is 0 Å². The third-order valence-electron chi connectivity index (χ3n) is 2.93. The van der Waals surface area contributed by atoms with Crippen LogP contribution in [0.5, 0.6) is 0 Å². The largest absolute Gasteiger partial charge is 0.364 e. The smallest absolute Gasteiger partial charge is 0.191 e. The molecule has 1 atom stereocenters. The Kier molecular flexibility index (Phi) is 7.98. The van der Waals surface area contributed by atoms with Crippen LogP contribution in [-0.4, -0.2) is 18.2 Å². The lowest BCUT2D eigenvalue weighted by Gasteiger charge is -2.19. The van der Waals surface area contributed by atoms with Crippen molar-refractivity contribution < 1.29 is 4.52 Å². The van der Waals surface area contributed by atoms with Crippen LogP contribution in [0.4, 0.5) is 0 Å². The fourth-order valence-corrected chi connectivity index (χ4v) is 2.41. The summed E-state index contributed by atoms with van der Waals surface area (Å²) in [6.45, 7) is 2.52. The Morgan fingerprint density at radius 1 is 1.36 bits per heavy atom. The van der Waals surface area contributed by atoms with Crippen LogP contribution in [0.3, 0.4) is 0 Å². The molecule has 8 heteroatoms. The second kappa shape index (κ2) is 9.22. The minimum atomic E-state index is -0.0155. The first kappa shape index (κ1) is 19.1. The lowest BCUT2D eigenvalue weighted by molar-refractivity contribution is 0.410. The summed E-state index contributed by atoms with van der Waals surface area (Å²) in [4.78, 5) is 4.17. The normalized spacial score (nSPS) is 12.5. The van der Waals surface area contributed by atoms with Crippen molar-refractivity contribution in [3.8, 4) is 0 Å². The zero-order chi connectivity index (χ0) is 15.2.